The van der Waals surface area contributed by atoms with Gasteiger partial charge in [0.25, 0.3) is 11.8 Å². The minimum Gasteiger partial charge on any atom is -0.462 e. The molecule has 0 fully saturated rings. The third-order valence-electron chi connectivity index (χ3n) is 4.71. The van der Waals surface area contributed by atoms with Gasteiger partial charge in [0.1, 0.15) is 17.4 Å². The van der Waals surface area contributed by atoms with E-state index in [1.54, 1.807) is 38.2 Å². The average Bonchev–Trinajstić information content (AvgIpc) is 3.21. The Balaban J connectivity index is 1.90. The Hall–Kier alpha value is -3.14. The molecule has 9 nitrogen and oxygen atoms in total. The van der Waals surface area contributed by atoms with E-state index in [2.05, 4.69) is 10.4 Å². The Bertz CT molecular complexity index is 968. The van der Waals surface area contributed by atoms with Crippen molar-refractivity contribution in [2.24, 2.45) is 7.05 Å². The number of amides is 3. The van der Waals surface area contributed by atoms with Gasteiger partial charge >= 0.3 is 5.97 Å². The highest BCUT2D eigenvalue weighted by molar-refractivity contribution is 7.98. The molecule has 0 saturated carbocycles. The first kappa shape index (κ1) is 21.6. The standard InChI is InChI=1S/C20H22N4O5S/c1-4-29-20(28)14-11-21-23(2)16(14)22-17(25)15(9-10-30-3)24-18(26)12-7-5-6-8-13(12)19(24)27/h5-8,11,15H,4,9-10H2,1-3H3,(H,22,25). The number of fused-ring (bicyclic) bond motifs is 1. The predicted octanol–water partition coefficient (Wildman–Crippen LogP) is 1.95. The number of aryl methyl sites for hydroxylation is 1. The van der Waals surface area contributed by atoms with Gasteiger partial charge in [0, 0.05) is 7.05 Å². The quantitative estimate of drug-likeness (QED) is 0.503. The molecule has 10 heteroatoms. The summed E-state index contributed by atoms with van der Waals surface area (Å²) in [5.41, 5.74) is 0.646. The maximum Gasteiger partial charge on any atom is 0.343 e. The van der Waals surface area contributed by atoms with Crippen LogP contribution in [0.3, 0.4) is 0 Å². The second-order valence-corrected chi connectivity index (χ2v) is 7.55. The van der Waals surface area contributed by atoms with E-state index in [0.717, 1.165) is 4.90 Å². The molecule has 3 amide bonds. The van der Waals surface area contributed by atoms with Crippen molar-refractivity contribution < 1.29 is 23.9 Å². The van der Waals surface area contributed by atoms with Crippen LogP contribution in [0.15, 0.2) is 30.5 Å². The summed E-state index contributed by atoms with van der Waals surface area (Å²) < 4.78 is 6.33. The van der Waals surface area contributed by atoms with Gasteiger partial charge in [-0.15, -0.1) is 0 Å². The molecular weight excluding hydrogens is 408 g/mol. The van der Waals surface area contributed by atoms with Crippen LogP contribution in [0.4, 0.5) is 5.82 Å². The van der Waals surface area contributed by atoms with Crippen molar-refractivity contribution in [1.29, 1.82) is 0 Å². The lowest BCUT2D eigenvalue weighted by molar-refractivity contribution is -0.120. The lowest BCUT2D eigenvalue weighted by Crippen LogP contribution is -2.47. The summed E-state index contributed by atoms with van der Waals surface area (Å²) in [7, 11) is 1.57. The second kappa shape index (κ2) is 9.12. The lowest BCUT2D eigenvalue weighted by Gasteiger charge is -2.25. The fraction of sp³-hybridized carbons (Fsp3) is 0.350. The average molecular weight is 430 g/mol. The number of thioether (sulfide) groups is 1. The van der Waals surface area contributed by atoms with Crippen LogP contribution in [-0.2, 0) is 16.6 Å². The molecule has 158 valence electrons. The number of aromatic nitrogens is 2. The second-order valence-electron chi connectivity index (χ2n) is 6.56. The Labute approximate surface area is 177 Å². The molecule has 0 radical (unpaired) electrons. The SMILES string of the molecule is CCOC(=O)c1cnn(C)c1NC(=O)C(CCSC)N1C(=O)c2ccccc2C1=O. The monoisotopic (exact) mass is 430 g/mol. The van der Waals surface area contributed by atoms with Crippen molar-refractivity contribution in [3.8, 4) is 0 Å². The number of ether oxygens (including phenoxy) is 1. The number of nitrogens with zero attached hydrogens (tertiary/aromatic N) is 3. The number of carbonyl (C=O) groups excluding carboxylic acids is 4. The van der Waals surface area contributed by atoms with Crippen LogP contribution < -0.4 is 5.32 Å². The van der Waals surface area contributed by atoms with E-state index in [1.165, 1.54) is 22.6 Å². The molecule has 1 aliphatic heterocycles. The van der Waals surface area contributed by atoms with E-state index in [-0.39, 0.29) is 35.5 Å². The van der Waals surface area contributed by atoms with Crippen molar-refractivity contribution in [1.82, 2.24) is 14.7 Å². The number of imide groups is 1. The summed E-state index contributed by atoms with van der Waals surface area (Å²) in [6.07, 6.45) is 3.44. The van der Waals surface area contributed by atoms with Crippen molar-refractivity contribution in [3.05, 3.63) is 47.2 Å². The zero-order valence-electron chi connectivity index (χ0n) is 16.9. The number of anilines is 1. The smallest absolute Gasteiger partial charge is 0.343 e. The normalized spacial score (nSPS) is 13.9. The van der Waals surface area contributed by atoms with Gasteiger partial charge in [-0.1, -0.05) is 12.1 Å². The molecule has 1 aromatic heterocycles. The molecule has 0 saturated heterocycles. The molecule has 0 spiro atoms. The highest BCUT2D eigenvalue weighted by Crippen LogP contribution is 2.27. The first-order valence-corrected chi connectivity index (χ1v) is 10.8. The number of carbonyl (C=O) groups is 4. The van der Waals surface area contributed by atoms with Crippen molar-refractivity contribution >= 4 is 41.3 Å². The Morgan fingerprint density at radius 2 is 1.83 bits per heavy atom. The molecule has 1 aromatic carbocycles. The number of esters is 1. The first-order valence-electron chi connectivity index (χ1n) is 9.36. The maximum atomic E-state index is 13.2. The number of hydrogen-bond acceptors (Lipinski definition) is 7. The van der Waals surface area contributed by atoms with Gasteiger partial charge in [-0.3, -0.25) is 24.0 Å². The summed E-state index contributed by atoms with van der Waals surface area (Å²) in [4.78, 5) is 52.1. The summed E-state index contributed by atoms with van der Waals surface area (Å²) in [5, 5.41) is 6.66. The van der Waals surface area contributed by atoms with Crippen LogP contribution >= 0.6 is 11.8 Å². The molecule has 2 aromatic rings. The summed E-state index contributed by atoms with van der Waals surface area (Å²) in [6, 6.07) is 5.45. The summed E-state index contributed by atoms with van der Waals surface area (Å²) in [5.74, 6) is -1.51. The largest absolute Gasteiger partial charge is 0.462 e. The van der Waals surface area contributed by atoms with Crippen molar-refractivity contribution in [2.45, 2.75) is 19.4 Å². The van der Waals surface area contributed by atoms with Crippen molar-refractivity contribution in [2.75, 3.05) is 23.9 Å². The lowest BCUT2D eigenvalue weighted by atomic mass is 10.1. The third kappa shape index (κ3) is 3.95. The number of hydrogen-bond donors (Lipinski definition) is 1. The van der Waals surface area contributed by atoms with E-state index in [0.29, 0.717) is 5.75 Å². The van der Waals surface area contributed by atoms with Crippen molar-refractivity contribution in [3.63, 3.8) is 0 Å². The van der Waals surface area contributed by atoms with Crippen LogP contribution in [0, 0.1) is 0 Å². The fourth-order valence-electron chi connectivity index (χ4n) is 3.24. The molecule has 0 bridgehead atoms. The van der Waals surface area contributed by atoms with Gasteiger partial charge < -0.3 is 10.1 Å². The van der Waals surface area contributed by atoms with Gasteiger partial charge in [-0.2, -0.15) is 16.9 Å². The third-order valence-corrected chi connectivity index (χ3v) is 5.35. The zero-order chi connectivity index (χ0) is 21.8. The van der Waals surface area contributed by atoms with Gasteiger partial charge in [0.15, 0.2) is 0 Å². The van der Waals surface area contributed by atoms with Gasteiger partial charge in [0.05, 0.1) is 23.9 Å². The van der Waals surface area contributed by atoms with E-state index in [9.17, 15) is 19.2 Å². The molecule has 1 aliphatic rings. The minimum atomic E-state index is -1.03. The van der Waals surface area contributed by atoms with E-state index < -0.39 is 29.7 Å². The molecular formula is C20H22N4O5S. The molecule has 0 aliphatic carbocycles. The summed E-state index contributed by atoms with van der Waals surface area (Å²) in [6.45, 7) is 1.85. The van der Waals surface area contributed by atoms with Crippen LogP contribution in [0.1, 0.15) is 44.4 Å². The number of nitrogens with one attached hydrogen (secondary N) is 1. The molecule has 3 rings (SSSR count). The molecule has 1 unspecified atom stereocenters. The van der Waals surface area contributed by atoms with Gasteiger partial charge in [-0.25, -0.2) is 4.79 Å². The minimum absolute atomic E-state index is 0.0960. The molecule has 2 heterocycles. The van der Waals surface area contributed by atoms with Crippen LogP contribution in [0.25, 0.3) is 0 Å². The van der Waals surface area contributed by atoms with Crippen LogP contribution in [-0.4, -0.2) is 63.0 Å². The highest BCUT2D eigenvalue weighted by atomic mass is 32.2. The first-order chi connectivity index (χ1) is 14.4. The molecule has 1 N–H and O–H groups in total. The van der Waals surface area contributed by atoms with Gasteiger partial charge in [-0.05, 0) is 37.5 Å². The number of benzene rings is 1. The number of rotatable bonds is 8. The Morgan fingerprint density at radius 3 is 2.40 bits per heavy atom. The van der Waals surface area contributed by atoms with E-state index in [1.807, 2.05) is 6.26 Å². The zero-order valence-corrected chi connectivity index (χ0v) is 17.7. The van der Waals surface area contributed by atoms with E-state index in [4.69, 9.17) is 4.74 Å². The van der Waals surface area contributed by atoms with E-state index >= 15 is 0 Å². The van der Waals surface area contributed by atoms with Crippen LogP contribution in [0.5, 0.6) is 0 Å². The fourth-order valence-corrected chi connectivity index (χ4v) is 3.70. The molecule has 30 heavy (non-hydrogen) atoms. The van der Waals surface area contributed by atoms with Gasteiger partial charge in [0.2, 0.25) is 5.91 Å². The predicted molar refractivity (Wildman–Crippen MR) is 112 cm³/mol. The Morgan fingerprint density at radius 1 is 1.20 bits per heavy atom. The highest BCUT2D eigenvalue weighted by Gasteiger charge is 2.42. The van der Waals surface area contributed by atoms with Crippen LogP contribution in [0.2, 0.25) is 0 Å². The topological polar surface area (TPSA) is 111 Å². The molecule has 1 atom stereocenters. The Kier molecular flexibility index (Phi) is 6.56. The maximum absolute atomic E-state index is 13.2. The summed E-state index contributed by atoms with van der Waals surface area (Å²) >= 11 is 1.50.